The monoisotopic (exact) mass is 567 g/mol. The molecule has 1 fully saturated rings. The van der Waals surface area contributed by atoms with Crippen LogP contribution in [0, 0.1) is 11.8 Å². The van der Waals surface area contributed by atoms with Crippen LogP contribution in [0.25, 0.3) is 11.3 Å². The van der Waals surface area contributed by atoms with Crippen molar-refractivity contribution in [2.75, 3.05) is 45.6 Å². The lowest BCUT2D eigenvalue weighted by Crippen LogP contribution is -2.37. The van der Waals surface area contributed by atoms with Crippen molar-refractivity contribution in [3.63, 3.8) is 0 Å². The molecule has 0 saturated carbocycles. The third kappa shape index (κ3) is 6.72. The minimum atomic E-state index is -3.32. The Morgan fingerprint density at radius 2 is 1.90 bits per heavy atom. The summed E-state index contributed by atoms with van der Waals surface area (Å²) < 4.78 is 33.9. The zero-order chi connectivity index (χ0) is 27.4. The average molecular weight is 568 g/mol. The highest BCUT2D eigenvalue weighted by molar-refractivity contribution is 7.88. The molecule has 3 heterocycles. The number of benzene rings is 2. The molecule has 8 nitrogen and oxygen atoms in total. The largest absolute Gasteiger partial charge is 0.379 e. The summed E-state index contributed by atoms with van der Waals surface area (Å²) in [6.07, 6.45) is 2.85. The number of rotatable bonds is 7. The van der Waals surface area contributed by atoms with E-state index in [0.29, 0.717) is 36.6 Å². The van der Waals surface area contributed by atoms with Gasteiger partial charge in [0.15, 0.2) is 0 Å². The van der Waals surface area contributed by atoms with E-state index >= 15 is 0 Å². The van der Waals surface area contributed by atoms with Crippen LogP contribution in [0.15, 0.2) is 42.5 Å². The number of morpholine rings is 1. The van der Waals surface area contributed by atoms with Gasteiger partial charge in [-0.05, 0) is 36.2 Å². The quantitative estimate of drug-likeness (QED) is 0.441. The molecule has 2 N–H and O–H groups in total. The Morgan fingerprint density at radius 1 is 1.08 bits per heavy atom. The number of sulfonamides is 1. The van der Waals surface area contributed by atoms with Gasteiger partial charge < -0.3 is 10.5 Å². The Kier molecular flexibility index (Phi) is 8.72. The standard InChI is InChI=1S/C29H34ClN5O3S/c1-39(36,37)34-13-10-28-26(21-34)29(32-35(28)12-3-11-33-14-16-38-17-15-33)25-8-9-27(30)24(19-25)7-6-22-4-2-5-23(18-22)20-31/h2,4-5,8-9,18-19H,3,10-17,20-21,31H2,1H3. The van der Waals surface area contributed by atoms with Crippen molar-refractivity contribution < 1.29 is 13.2 Å². The molecule has 0 unspecified atom stereocenters. The number of hydrogen-bond donors (Lipinski definition) is 1. The Labute approximate surface area is 235 Å². The zero-order valence-electron chi connectivity index (χ0n) is 22.2. The van der Waals surface area contributed by atoms with Crippen LogP contribution in [-0.2, 0) is 40.8 Å². The highest BCUT2D eigenvalue weighted by atomic mass is 35.5. The SMILES string of the molecule is CS(=O)(=O)N1CCc2c(c(-c3ccc(Cl)c(C#Cc4cccc(CN)c4)c3)nn2CCCN2CCOCC2)C1. The maximum atomic E-state index is 12.4. The molecule has 0 spiro atoms. The van der Waals surface area contributed by atoms with Crippen molar-refractivity contribution in [1.82, 2.24) is 19.0 Å². The topological polar surface area (TPSA) is 93.7 Å². The van der Waals surface area contributed by atoms with Crippen LogP contribution in [0.1, 0.15) is 34.4 Å². The molecule has 0 atom stereocenters. The number of hydrogen-bond acceptors (Lipinski definition) is 6. The zero-order valence-corrected chi connectivity index (χ0v) is 23.8. The summed E-state index contributed by atoms with van der Waals surface area (Å²) in [5.74, 6) is 6.39. The highest BCUT2D eigenvalue weighted by Gasteiger charge is 2.30. The third-order valence-electron chi connectivity index (χ3n) is 7.26. The van der Waals surface area contributed by atoms with E-state index in [1.165, 1.54) is 10.6 Å². The van der Waals surface area contributed by atoms with Crippen LogP contribution >= 0.6 is 11.6 Å². The fourth-order valence-corrected chi connectivity index (χ4v) is 6.07. The van der Waals surface area contributed by atoms with E-state index in [1.807, 2.05) is 42.5 Å². The van der Waals surface area contributed by atoms with Crippen LogP contribution in [0.4, 0.5) is 0 Å². The van der Waals surface area contributed by atoms with E-state index in [0.717, 1.165) is 79.5 Å². The lowest BCUT2D eigenvalue weighted by atomic mass is 10.0. The molecule has 2 aliphatic heterocycles. The molecular weight excluding hydrogens is 534 g/mol. The van der Waals surface area contributed by atoms with Crippen LogP contribution in [-0.4, -0.2) is 73.1 Å². The second-order valence-electron chi connectivity index (χ2n) is 10.0. The van der Waals surface area contributed by atoms with Crippen molar-refractivity contribution >= 4 is 21.6 Å². The van der Waals surface area contributed by atoms with Crippen molar-refractivity contribution in [3.8, 4) is 23.1 Å². The van der Waals surface area contributed by atoms with Gasteiger partial charge >= 0.3 is 0 Å². The van der Waals surface area contributed by atoms with Gasteiger partial charge in [-0.15, -0.1) is 0 Å². The first-order valence-electron chi connectivity index (χ1n) is 13.3. The third-order valence-corrected chi connectivity index (χ3v) is 8.84. The number of halogens is 1. The number of aryl methyl sites for hydroxylation is 1. The summed E-state index contributed by atoms with van der Waals surface area (Å²) in [5, 5.41) is 5.57. The molecule has 39 heavy (non-hydrogen) atoms. The normalized spacial score (nSPS) is 16.5. The maximum absolute atomic E-state index is 12.4. The number of nitrogens with zero attached hydrogens (tertiary/aromatic N) is 4. The van der Waals surface area contributed by atoms with E-state index in [4.69, 9.17) is 27.2 Å². The van der Waals surface area contributed by atoms with Gasteiger partial charge in [-0.1, -0.05) is 41.6 Å². The summed E-state index contributed by atoms with van der Waals surface area (Å²) >= 11 is 6.53. The predicted molar refractivity (Wildman–Crippen MR) is 154 cm³/mol. The number of ether oxygens (including phenoxy) is 1. The van der Waals surface area contributed by atoms with Crippen molar-refractivity contribution in [2.24, 2.45) is 5.73 Å². The maximum Gasteiger partial charge on any atom is 0.211 e. The first-order valence-corrected chi connectivity index (χ1v) is 15.5. The van der Waals surface area contributed by atoms with Gasteiger partial charge in [0.25, 0.3) is 0 Å². The van der Waals surface area contributed by atoms with Crippen LogP contribution in [0.2, 0.25) is 5.02 Å². The molecule has 2 aliphatic rings. The van der Waals surface area contributed by atoms with Gasteiger partial charge in [0.2, 0.25) is 10.0 Å². The Morgan fingerprint density at radius 3 is 2.67 bits per heavy atom. The molecule has 206 valence electrons. The number of aromatic nitrogens is 2. The molecule has 2 aromatic carbocycles. The fourth-order valence-electron chi connectivity index (χ4n) is 5.12. The molecule has 10 heteroatoms. The Balaban J connectivity index is 1.45. The van der Waals surface area contributed by atoms with Crippen molar-refractivity contribution in [3.05, 3.63) is 75.4 Å². The summed E-state index contributed by atoms with van der Waals surface area (Å²) in [5.41, 5.74) is 12.1. The first-order chi connectivity index (χ1) is 18.8. The van der Waals surface area contributed by atoms with Gasteiger partial charge in [0.1, 0.15) is 0 Å². The lowest BCUT2D eigenvalue weighted by Gasteiger charge is -2.27. The van der Waals surface area contributed by atoms with E-state index in [-0.39, 0.29) is 0 Å². The summed E-state index contributed by atoms with van der Waals surface area (Å²) in [6.45, 7) is 6.45. The molecule has 0 bridgehead atoms. The lowest BCUT2D eigenvalue weighted by molar-refractivity contribution is 0.0368. The average Bonchev–Trinajstić information content (AvgIpc) is 3.31. The minimum Gasteiger partial charge on any atom is -0.379 e. The Hall–Kier alpha value is -2.71. The highest BCUT2D eigenvalue weighted by Crippen LogP contribution is 2.33. The minimum absolute atomic E-state index is 0.308. The Bertz CT molecular complexity index is 1500. The molecular formula is C29H34ClN5O3S. The first kappa shape index (κ1) is 27.8. The van der Waals surface area contributed by atoms with Crippen molar-refractivity contribution in [1.29, 1.82) is 0 Å². The van der Waals surface area contributed by atoms with Gasteiger partial charge in [0, 0.05) is 80.2 Å². The summed E-state index contributed by atoms with van der Waals surface area (Å²) in [7, 11) is -3.32. The summed E-state index contributed by atoms with van der Waals surface area (Å²) in [4.78, 5) is 2.42. The van der Waals surface area contributed by atoms with Crippen LogP contribution < -0.4 is 5.73 Å². The fraction of sp³-hybridized carbons (Fsp3) is 0.414. The molecule has 0 radical (unpaired) electrons. The molecule has 0 amide bonds. The van der Waals surface area contributed by atoms with Crippen LogP contribution in [0.5, 0.6) is 0 Å². The van der Waals surface area contributed by atoms with Gasteiger partial charge in [0.05, 0.1) is 30.2 Å². The van der Waals surface area contributed by atoms with Gasteiger partial charge in [-0.3, -0.25) is 9.58 Å². The van der Waals surface area contributed by atoms with E-state index in [1.54, 1.807) is 0 Å². The second kappa shape index (κ2) is 12.2. The van der Waals surface area contributed by atoms with Gasteiger partial charge in [-0.2, -0.15) is 9.40 Å². The van der Waals surface area contributed by atoms with Crippen molar-refractivity contribution in [2.45, 2.75) is 32.5 Å². The van der Waals surface area contributed by atoms with Crippen LogP contribution in [0.3, 0.4) is 0 Å². The van der Waals surface area contributed by atoms with E-state index < -0.39 is 10.0 Å². The van der Waals surface area contributed by atoms with E-state index in [9.17, 15) is 8.42 Å². The molecule has 3 aromatic rings. The second-order valence-corrected chi connectivity index (χ2v) is 12.4. The number of fused-ring (bicyclic) bond motifs is 1. The molecule has 0 aliphatic carbocycles. The number of nitrogens with two attached hydrogens (primary N) is 1. The molecule has 5 rings (SSSR count). The molecule has 1 saturated heterocycles. The van der Waals surface area contributed by atoms with E-state index in [2.05, 4.69) is 21.4 Å². The smallest absolute Gasteiger partial charge is 0.211 e. The molecule has 1 aromatic heterocycles. The van der Waals surface area contributed by atoms with Gasteiger partial charge in [-0.25, -0.2) is 8.42 Å². The predicted octanol–water partition coefficient (Wildman–Crippen LogP) is 3.10. The summed E-state index contributed by atoms with van der Waals surface area (Å²) in [6, 6.07) is 13.5.